The minimum absolute atomic E-state index is 0.106. The van der Waals surface area contributed by atoms with Crippen LogP contribution in [-0.4, -0.2) is 96.7 Å². The molecule has 0 bridgehead atoms. The molecule has 0 aliphatic carbocycles. The predicted molar refractivity (Wildman–Crippen MR) is 414 cm³/mol. The molecule has 6 atom stereocenters. The normalized spacial score (nSPS) is 14.3. The number of unbranched alkanes of at least 4 members (excludes halogenated alkanes) is 44. The van der Waals surface area contributed by atoms with Gasteiger partial charge >= 0.3 is 39.5 Å². The summed E-state index contributed by atoms with van der Waals surface area (Å²) in [6.07, 6.45) is 58.4. The quantitative estimate of drug-likeness (QED) is 0.0222. The van der Waals surface area contributed by atoms with Gasteiger partial charge in [-0.05, 0) is 49.4 Å². The summed E-state index contributed by atoms with van der Waals surface area (Å²) in [6, 6.07) is 0. The number of aliphatic hydroxyl groups excluding tert-OH is 1. The van der Waals surface area contributed by atoms with Crippen LogP contribution in [0.15, 0.2) is 0 Å². The van der Waals surface area contributed by atoms with E-state index in [0.717, 1.165) is 114 Å². The fourth-order valence-electron chi connectivity index (χ4n) is 12.6. The SMILES string of the molecule is CCC(C)CCCCCCCCCCCCCCCCCCCCC(=O)O[C@H](COC(=O)CCCCCCCCCCCCCC(C)C)COP(=O)(O)OCC(O)COP(=O)(O)OC[C@@H](COC(=O)CCCCCCCCCC(C)C)OC(=O)CCCCCCCCCCCCCCC(C)C. The van der Waals surface area contributed by atoms with Crippen molar-refractivity contribution in [3.63, 3.8) is 0 Å². The molecule has 0 rings (SSSR count). The van der Waals surface area contributed by atoms with Gasteiger partial charge in [-0.3, -0.25) is 37.3 Å². The smallest absolute Gasteiger partial charge is 0.462 e. The molecule has 4 unspecified atom stereocenters. The van der Waals surface area contributed by atoms with Crippen LogP contribution in [0.25, 0.3) is 0 Å². The zero-order valence-corrected chi connectivity index (χ0v) is 68.3. The lowest BCUT2D eigenvalue weighted by atomic mass is 9.99. The lowest BCUT2D eigenvalue weighted by Crippen LogP contribution is -2.30. The van der Waals surface area contributed by atoms with Crippen LogP contribution >= 0.6 is 15.6 Å². The molecule has 0 radical (unpaired) electrons. The highest BCUT2D eigenvalue weighted by molar-refractivity contribution is 7.47. The average molecular weight is 1480 g/mol. The molecule has 19 heteroatoms. The summed E-state index contributed by atoms with van der Waals surface area (Å²) < 4.78 is 68.7. The number of carbonyl (C=O) groups excluding carboxylic acids is 4. The van der Waals surface area contributed by atoms with Crippen LogP contribution in [0.2, 0.25) is 0 Å². The van der Waals surface area contributed by atoms with Crippen molar-refractivity contribution >= 4 is 39.5 Å². The Labute approximate surface area is 619 Å². The first-order valence-electron chi connectivity index (χ1n) is 42.2. The van der Waals surface area contributed by atoms with Gasteiger partial charge in [0.2, 0.25) is 0 Å². The van der Waals surface area contributed by atoms with Crippen LogP contribution in [0, 0.1) is 23.7 Å². The van der Waals surface area contributed by atoms with Crippen molar-refractivity contribution in [3.8, 4) is 0 Å². The zero-order chi connectivity index (χ0) is 74.6. The summed E-state index contributed by atoms with van der Waals surface area (Å²) in [5.41, 5.74) is 0. The van der Waals surface area contributed by atoms with Crippen LogP contribution in [0.5, 0.6) is 0 Å². The average Bonchev–Trinajstić information content (AvgIpc) is 0.919. The third kappa shape index (κ3) is 74.7. The van der Waals surface area contributed by atoms with E-state index in [2.05, 4.69) is 55.4 Å². The Morgan fingerprint density at radius 1 is 0.277 bits per heavy atom. The minimum Gasteiger partial charge on any atom is -0.462 e. The lowest BCUT2D eigenvalue weighted by Gasteiger charge is -2.21. The number of hydrogen-bond donors (Lipinski definition) is 3. The summed E-state index contributed by atoms with van der Waals surface area (Å²) in [7, 11) is -9.92. The maximum absolute atomic E-state index is 13.1. The number of ether oxygens (including phenoxy) is 4. The first-order chi connectivity index (χ1) is 48.6. The summed E-state index contributed by atoms with van der Waals surface area (Å²) >= 11 is 0. The number of hydrogen-bond acceptors (Lipinski definition) is 15. The van der Waals surface area contributed by atoms with Crippen molar-refractivity contribution in [2.75, 3.05) is 39.6 Å². The highest BCUT2D eigenvalue weighted by atomic mass is 31.2. The Morgan fingerprint density at radius 3 is 0.703 bits per heavy atom. The van der Waals surface area contributed by atoms with E-state index < -0.39 is 97.5 Å². The molecule has 0 saturated carbocycles. The molecule has 0 aliphatic rings. The highest BCUT2D eigenvalue weighted by Crippen LogP contribution is 2.45. The van der Waals surface area contributed by atoms with Gasteiger partial charge in [0.05, 0.1) is 26.4 Å². The zero-order valence-electron chi connectivity index (χ0n) is 66.5. The van der Waals surface area contributed by atoms with Crippen LogP contribution in [0.4, 0.5) is 0 Å². The first-order valence-corrected chi connectivity index (χ1v) is 45.2. The molecule has 600 valence electrons. The first kappa shape index (κ1) is 99.1. The maximum atomic E-state index is 13.1. The van der Waals surface area contributed by atoms with Crippen molar-refractivity contribution in [2.24, 2.45) is 23.7 Å². The molecule has 0 saturated heterocycles. The minimum atomic E-state index is -4.96. The standard InChI is InChI=1S/C82H160O17P2/c1-9-75(8)61-53-45-37-29-23-16-14-12-10-11-13-15-17-24-31-39-48-56-64-81(86)98-77(68-92-79(84)62-54-46-38-30-26-20-22-28-35-43-51-59-73(4)5)70-96-100(88,89)94-66-76(83)67-95-101(90,91)97-71-78(69-93-80(85)63-55-47-41-33-36-44-52-60-74(6)7)99-82(87)65-57-49-40-32-25-19-18-21-27-34-42-50-58-72(2)3/h72-78,83H,9-71H2,1-8H3,(H,88,89)(H,90,91)/t75?,76?,77-,78-/m1/s1. The van der Waals surface area contributed by atoms with Crippen LogP contribution < -0.4 is 0 Å². The van der Waals surface area contributed by atoms with Gasteiger partial charge in [0.25, 0.3) is 0 Å². The van der Waals surface area contributed by atoms with E-state index in [-0.39, 0.29) is 25.7 Å². The third-order valence-corrected chi connectivity index (χ3v) is 21.3. The number of aliphatic hydroxyl groups is 1. The largest absolute Gasteiger partial charge is 0.472 e. The Kier molecular flexibility index (Phi) is 69.6. The van der Waals surface area contributed by atoms with Crippen LogP contribution in [-0.2, 0) is 65.4 Å². The summed E-state index contributed by atoms with van der Waals surface area (Å²) in [6.45, 7) is 14.3. The van der Waals surface area contributed by atoms with Gasteiger partial charge < -0.3 is 33.8 Å². The number of phosphoric ester groups is 2. The van der Waals surface area contributed by atoms with Crippen LogP contribution in [0.1, 0.15) is 421 Å². The van der Waals surface area contributed by atoms with E-state index in [1.165, 1.54) is 218 Å². The molecule has 0 spiro atoms. The molecule has 0 heterocycles. The second-order valence-electron chi connectivity index (χ2n) is 31.2. The van der Waals surface area contributed by atoms with E-state index in [0.29, 0.717) is 31.6 Å². The molecule has 101 heavy (non-hydrogen) atoms. The molecule has 0 aromatic rings. The molecule has 0 aromatic carbocycles. The van der Waals surface area contributed by atoms with Gasteiger partial charge in [0.15, 0.2) is 12.2 Å². The number of esters is 4. The molecule has 0 aromatic heterocycles. The summed E-state index contributed by atoms with van der Waals surface area (Å²) in [5.74, 6) is 1.01. The molecular formula is C82H160O17P2. The topological polar surface area (TPSA) is 237 Å². The Hall–Kier alpha value is -1.94. The van der Waals surface area contributed by atoms with E-state index in [4.69, 9.17) is 37.0 Å². The van der Waals surface area contributed by atoms with E-state index in [1.807, 2.05) is 0 Å². The number of phosphoric acid groups is 2. The molecule has 3 N–H and O–H groups in total. The molecular weight excluding hydrogens is 1320 g/mol. The third-order valence-electron chi connectivity index (χ3n) is 19.4. The van der Waals surface area contributed by atoms with E-state index in [1.54, 1.807) is 0 Å². The van der Waals surface area contributed by atoms with Gasteiger partial charge in [0.1, 0.15) is 19.3 Å². The fourth-order valence-corrected chi connectivity index (χ4v) is 14.2. The molecule has 0 amide bonds. The molecule has 0 aliphatic heterocycles. The van der Waals surface area contributed by atoms with Crippen molar-refractivity contribution in [1.82, 2.24) is 0 Å². The van der Waals surface area contributed by atoms with Crippen molar-refractivity contribution in [2.45, 2.75) is 440 Å². The predicted octanol–water partition coefficient (Wildman–Crippen LogP) is 24.4. The molecule has 17 nitrogen and oxygen atoms in total. The maximum Gasteiger partial charge on any atom is 0.472 e. The fraction of sp³-hybridized carbons (Fsp3) is 0.951. The van der Waals surface area contributed by atoms with Gasteiger partial charge in [-0.2, -0.15) is 0 Å². The number of rotatable bonds is 79. The van der Waals surface area contributed by atoms with Gasteiger partial charge in [-0.15, -0.1) is 0 Å². The second kappa shape index (κ2) is 71.0. The van der Waals surface area contributed by atoms with Crippen molar-refractivity contribution < 1.29 is 80.2 Å². The van der Waals surface area contributed by atoms with Gasteiger partial charge in [-0.25, -0.2) is 9.13 Å². The van der Waals surface area contributed by atoms with Gasteiger partial charge in [0, 0.05) is 25.7 Å². The second-order valence-corrected chi connectivity index (χ2v) is 34.1. The molecule has 0 fully saturated rings. The summed E-state index contributed by atoms with van der Waals surface area (Å²) in [5, 5.41) is 10.6. The van der Waals surface area contributed by atoms with E-state index in [9.17, 15) is 43.2 Å². The Balaban J connectivity index is 5.22. The van der Waals surface area contributed by atoms with Crippen molar-refractivity contribution in [3.05, 3.63) is 0 Å². The number of carbonyl (C=O) groups is 4. The monoisotopic (exact) mass is 1480 g/mol. The Morgan fingerprint density at radius 2 is 0.475 bits per heavy atom. The Bertz CT molecular complexity index is 1970. The highest BCUT2D eigenvalue weighted by Gasteiger charge is 2.30. The van der Waals surface area contributed by atoms with E-state index >= 15 is 0 Å². The lowest BCUT2D eigenvalue weighted by molar-refractivity contribution is -0.161. The van der Waals surface area contributed by atoms with Crippen LogP contribution in [0.3, 0.4) is 0 Å². The summed E-state index contributed by atoms with van der Waals surface area (Å²) in [4.78, 5) is 73.0. The van der Waals surface area contributed by atoms with Gasteiger partial charge in [-0.1, -0.05) is 370 Å². The van der Waals surface area contributed by atoms with Crippen molar-refractivity contribution in [1.29, 1.82) is 0 Å².